The number of aromatic nitrogens is 2. The Labute approximate surface area is 115 Å². The molecule has 3 heteroatoms. The molecular weight excluding hydrogens is 234 g/mol. The van der Waals surface area contributed by atoms with Gasteiger partial charge in [0.2, 0.25) is 0 Å². The van der Waals surface area contributed by atoms with E-state index in [-0.39, 0.29) is 0 Å². The second-order valence-electron chi connectivity index (χ2n) is 5.29. The van der Waals surface area contributed by atoms with Crippen molar-refractivity contribution < 1.29 is 0 Å². The van der Waals surface area contributed by atoms with Gasteiger partial charge in [-0.2, -0.15) is 5.10 Å². The van der Waals surface area contributed by atoms with Crippen molar-refractivity contribution in [3.05, 3.63) is 47.8 Å². The molecule has 1 N–H and O–H groups in total. The van der Waals surface area contributed by atoms with E-state index in [4.69, 9.17) is 0 Å². The highest BCUT2D eigenvalue weighted by atomic mass is 15.3. The Morgan fingerprint density at radius 1 is 1.21 bits per heavy atom. The lowest BCUT2D eigenvalue weighted by Crippen LogP contribution is -2.17. The average Bonchev–Trinajstić information content (AvgIpc) is 2.76. The molecule has 2 rings (SSSR count). The Morgan fingerprint density at radius 2 is 1.89 bits per heavy atom. The van der Waals surface area contributed by atoms with Gasteiger partial charge in [-0.25, -0.2) is 0 Å². The quantitative estimate of drug-likeness (QED) is 0.883. The molecule has 0 aliphatic carbocycles. The maximum atomic E-state index is 4.49. The molecule has 3 nitrogen and oxygen atoms in total. The van der Waals surface area contributed by atoms with Crippen LogP contribution in [-0.2, 0) is 13.5 Å². The van der Waals surface area contributed by atoms with Crippen molar-refractivity contribution >= 4 is 5.69 Å². The number of benzene rings is 1. The SMILES string of the molecule is CCc1nn(C)cc1NC(c1ccccc1)C(C)C. The van der Waals surface area contributed by atoms with Crippen LogP contribution in [0.3, 0.4) is 0 Å². The highest BCUT2D eigenvalue weighted by Gasteiger charge is 2.17. The summed E-state index contributed by atoms with van der Waals surface area (Å²) in [6.45, 7) is 6.62. The molecule has 0 aliphatic rings. The topological polar surface area (TPSA) is 29.9 Å². The van der Waals surface area contributed by atoms with Crippen LogP contribution in [0.1, 0.15) is 38.1 Å². The second kappa shape index (κ2) is 5.91. The fourth-order valence-corrected chi connectivity index (χ4v) is 2.38. The Bertz CT molecular complexity index is 514. The van der Waals surface area contributed by atoms with E-state index in [9.17, 15) is 0 Å². The van der Waals surface area contributed by atoms with Gasteiger partial charge < -0.3 is 5.32 Å². The molecule has 0 fully saturated rings. The standard InChI is InChI=1S/C16H23N3/c1-5-14-15(11-19(4)18-14)17-16(12(2)3)13-9-7-6-8-10-13/h6-12,16-17H,5H2,1-4H3. The first-order valence-corrected chi connectivity index (χ1v) is 6.95. The molecule has 19 heavy (non-hydrogen) atoms. The maximum absolute atomic E-state index is 4.49. The van der Waals surface area contributed by atoms with Gasteiger partial charge in [0.15, 0.2) is 0 Å². The Balaban J connectivity index is 2.26. The van der Waals surface area contributed by atoms with E-state index >= 15 is 0 Å². The molecule has 1 atom stereocenters. The van der Waals surface area contributed by atoms with Crippen molar-refractivity contribution in [2.24, 2.45) is 13.0 Å². The Morgan fingerprint density at radius 3 is 2.47 bits per heavy atom. The molecule has 2 aromatic rings. The normalized spacial score (nSPS) is 12.7. The minimum atomic E-state index is 0.315. The first kappa shape index (κ1) is 13.7. The zero-order chi connectivity index (χ0) is 13.8. The second-order valence-corrected chi connectivity index (χ2v) is 5.29. The summed E-state index contributed by atoms with van der Waals surface area (Å²) >= 11 is 0. The predicted octanol–water partition coefficient (Wildman–Crippen LogP) is 3.79. The Hall–Kier alpha value is -1.77. The minimum Gasteiger partial charge on any atom is -0.375 e. The van der Waals surface area contributed by atoms with Gasteiger partial charge in [-0.3, -0.25) is 4.68 Å². The minimum absolute atomic E-state index is 0.315. The van der Waals surface area contributed by atoms with Gasteiger partial charge >= 0.3 is 0 Å². The predicted molar refractivity (Wildman–Crippen MR) is 80.2 cm³/mol. The number of nitrogens with zero attached hydrogens (tertiary/aromatic N) is 2. The number of nitrogens with one attached hydrogen (secondary N) is 1. The number of anilines is 1. The molecule has 102 valence electrons. The van der Waals surface area contributed by atoms with Crippen molar-refractivity contribution in [3.8, 4) is 0 Å². The average molecular weight is 257 g/mol. The van der Waals surface area contributed by atoms with Crippen molar-refractivity contribution in [2.75, 3.05) is 5.32 Å². The molecule has 0 spiro atoms. The van der Waals surface area contributed by atoms with E-state index in [0.29, 0.717) is 12.0 Å². The van der Waals surface area contributed by atoms with E-state index in [0.717, 1.165) is 17.8 Å². The summed E-state index contributed by atoms with van der Waals surface area (Å²) in [6, 6.07) is 10.9. The van der Waals surface area contributed by atoms with Crippen molar-refractivity contribution in [1.82, 2.24) is 9.78 Å². The zero-order valence-electron chi connectivity index (χ0n) is 12.2. The van der Waals surface area contributed by atoms with Crippen LogP contribution in [0.4, 0.5) is 5.69 Å². The van der Waals surface area contributed by atoms with E-state index < -0.39 is 0 Å². The van der Waals surface area contributed by atoms with Crippen LogP contribution in [0, 0.1) is 5.92 Å². The van der Waals surface area contributed by atoms with Gasteiger partial charge in [0.05, 0.1) is 17.4 Å². The lowest BCUT2D eigenvalue weighted by Gasteiger charge is -2.23. The summed E-state index contributed by atoms with van der Waals surface area (Å²) in [5.41, 5.74) is 3.60. The number of hydrogen-bond donors (Lipinski definition) is 1. The summed E-state index contributed by atoms with van der Waals surface area (Å²) in [4.78, 5) is 0. The molecule has 0 radical (unpaired) electrons. The van der Waals surface area contributed by atoms with Gasteiger partial charge in [0, 0.05) is 13.2 Å². The van der Waals surface area contributed by atoms with Crippen molar-refractivity contribution in [1.29, 1.82) is 0 Å². The van der Waals surface area contributed by atoms with Gasteiger partial charge in [-0.15, -0.1) is 0 Å². The number of rotatable bonds is 5. The molecule has 1 unspecified atom stereocenters. The Kier molecular flexibility index (Phi) is 4.25. The summed E-state index contributed by atoms with van der Waals surface area (Å²) in [5.74, 6) is 0.521. The van der Waals surface area contributed by atoms with Crippen molar-refractivity contribution in [3.63, 3.8) is 0 Å². The highest BCUT2D eigenvalue weighted by Crippen LogP contribution is 2.27. The van der Waals surface area contributed by atoms with Gasteiger partial charge in [-0.1, -0.05) is 51.1 Å². The first-order valence-electron chi connectivity index (χ1n) is 6.95. The van der Waals surface area contributed by atoms with E-state index in [2.05, 4.69) is 67.7 Å². The largest absolute Gasteiger partial charge is 0.375 e. The molecule has 0 saturated heterocycles. The van der Waals surface area contributed by atoms with E-state index in [1.54, 1.807) is 0 Å². The third kappa shape index (κ3) is 3.16. The molecule has 0 aliphatic heterocycles. The summed E-state index contributed by atoms with van der Waals surface area (Å²) in [7, 11) is 1.97. The van der Waals surface area contributed by atoms with Crippen LogP contribution < -0.4 is 5.32 Å². The van der Waals surface area contributed by atoms with Gasteiger partial charge in [0.1, 0.15) is 0 Å². The molecule has 1 aromatic heterocycles. The van der Waals surface area contributed by atoms with E-state index in [1.807, 2.05) is 11.7 Å². The number of hydrogen-bond acceptors (Lipinski definition) is 2. The highest BCUT2D eigenvalue weighted by molar-refractivity contribution is 5.48. The maximum Gasteiger partial charge on any atom is 0.0853 e. The summed E-state index contributed by atoms with van der Waals surface area (Å²) in [5, 5.41) is 8.14. The van der Waals surface area contributed by atoms with Crippen molar-refractivity contribution in [2.45, 2.75) is 33.2 Å². The van der Waals surface area contributed by atoms with Gasteiger partial charge in [-0.05, 0) is 17.9 Å². The van der Waals surface area contributed by atoms with Crippen LogP contribution in [0.15, 0.2) is 36.5 Å². The van der Waals surface area contributed by atoms with Crippen LogP contribution in [0.2, 0.25) is 0 Å². The fraction of sp³-hybridized carbons (Fsp3) is 0.438. The third-order valence-corrected chi connectivity index (χ3v) is 3.38. The van der Waals surface area contributed by atoms with Gasteiger partial charge in [0.25, 0.3) is 0 Å². The molecule has 0 saturated carbocycles. The fourth-order valence-electron chi connectivity index (χ4n) is 2.38. The molecule has 0 amide bonds. The molecular formula is C16H23N3. The van der Waals surface area contributed by atoms with Crippen LogP contribution in [0.5, 0.6) is 0 Å². The third-order valence-electron chi connectivity index (χ3n) is 3.38. The lowest BCUT2D eigenvalue weighted by molar-refractivity contribution is 0.546. The zero-order valence-corrected chi connectivity index (χ0v) is 12.2. The smallest absolute Gasteiger partial charge is 0.0853 e. The summed E-state index contributed by atoms with van der Waals surface area (Å²) in [6.07, 6.45) is 3.01. The monoisotopic (exact) mass is 257 g/mol. The van der Waals surface area contributed by atoms with Crippen LogP contribution in [0.25, 0.3) is 0 Å². The first-order chi connectivity index (χ1) is 9.11. The summed E-state index contributed by atoms with van der Waals surface area (Å²) < 4.78 is 1.88. The molecule has 1 aromatic carbocycles. The molecule has 1 heterocycles. The number of aryl methyl sites for hydroxylation is 2. The molecule has 0 bridgehead atoms. The van der Waals surface area contributed by atoms with E-state index in [1.165, 1.54) is 5.56 Å². The van der Waals surface area contributed by atoms with Crippen LogP contribution in [-0.4, -0.2) is 9.78 Å². The lowest BCUT2D eigenvalue weighted by atomic mass is 9.96. The van der Waals surface area contributed by atoms with Crippen LogP contribution >= 0.6 is 0 Å².